The summed E-state index contributed by atoms with van der Waals surface area (Å²) in [7, 11) is 1.61. The predicted octanol–water partition coefficient (Wildman–Crippen LogP) is 3.13. The highest BCUT2D eigenvalue weighted by Gasteiger charge is 2.09. The standard InChI is InChI=1S/C17H15N3O2/c1-22-14-9-7-13(8-10-14)18-11-15-16(19-20-17(15)21)12-5-3-2-4-6-12/h2-11H,1H3,(H2,19,20,21). The molecule has 1 aromatic heterocycles. The summed E-state index contributed by atoms with van der Waals surface area (Å²) in [5, 5.41) is 5.49. The summed E-state index contributed by atoms with van der Waals surface area (Å²) < 4.78 is 5.10. The van der Waals surface area contributed by atoms with Crippen molar-refractivity contribution < 1.29 is 4.74 Å². The maximum absolute atomic E-state index is 11.9. The van der Waals surface area contributed by atoms with E-state index in [2.05, 4.69) is 15.2 Å². The molecule has 0 fully saturated rings. The Balaban J connectivity index is 1.93. The zero-order chi connectivity index (χ0) is 15.4. The monoisotopic (exact) mass is 293 g/mol. The maximum Gasteiger partial charge on any atom is 0.273 e. The van der Waals surface area contributed by atoms with Gasteiger partial charge in [0.25, 0.3) is 5.56 Å². The molecule has 0 aliphatic heterocycles. The van der Waals surface area contributed by atoms with Crippen LogP contribution in [-0.4, -0.2) is 23.5 Å². The van der Waals surface area contributed by atoms with Gasteiger partial charge >= 0.3 is 0 Å². The average molecular weight is 293 g/mol. The summed E-state index contributed by atoms with van der Waals surface area (Å²) in [6.45, 7) is 0. The molecule has 1 heterocycles. The average Bonchev–Trinajstić information content (AvgIpc) is 2.95. The van der Waals surface area contributed by atoms with Crippen LogP contribution in [0, 0.1) is 0 Å². The third kappa shape index (κ3) is 2.83. The van der Waals surface area contributed by atoms with Crippen LogP contribution in [0.25, 0.3) is 11.3 Å². The van der Waals surface area contributed by atoms with Crippen molar-refractivity contribution in [3.63, 3.8) is 0 Å². The van der Waals surface area contributed by atoms with Crippen molar-refractivity contribution >= 4 is 11.9 Å². The zero-order valence-corrected chi connectivity index (χ0v) is 12.0. The van der Waals surface area contributed by atoms with Gasteiger partial charge in [-0.3, -0.25) is 20.0 Å². The number of nitrogens with one attached hydrogen (secondary N) is 2. The fraction of sp³-hybridized carbons (Fsp3) is 0.0588. The van der Waals surface area contributed by atoms with Crippen LogP contribution in [0.4, 0.5) is 5.69 Å². The normalized spacial score (nSPS) is 11.0. The summed E-state index contributed by atoms with van der Waals surface area (Å²) in [5.41, 5.74) is 2.71. The predicted molar refractivity (Wildman–Crippen MR) is 87.1 cm³/mol. The lowest BCUT2D eigenvalue weighted by Crippen LogP contribution is -2.04. The minimum atomic E-state index is -0.198. The van der Waals surface area contributed by atoms with Crippen molar-refractivity contribution in [2.24, 2.45) is 4.99 Å². The number of ether oxygens (including phenoxy) is 1. The molecular formula is C17H15N3O2. The Bertz CT molecular complexity index is 830. The summed E-state index contributed by atoms with van der Waals surface area (Å²) in [6.07, 6.45) is 1.57. The van der Waals surface area contributed by atoms with Crippen molar-refractivity contribution in [3.8, 4) is 17.0 Å². The van der Waals surface area contributed by atoms with Crippen LogP contribution in [0.2, 0.25) is 0 Å². The van der Waals surface area contributed by atoms with Gasteiger partial charge in [0, 0.05) is 11.8 Å². The number of aromatic nitrogens is 2. The van der Waals surface area contributed by atoms with Crippen LogP contribution in [0.1, 0.15) is 5.56 Å². The van der Waals surface area contributed by atoms with E-state index >= 15 is 0 Å². The molecule has 3 rings (SSSR count). The first-order valence-electron chi connectivity index (χ1n) is 6.82. The van der Waals surface area contributed by atoms with Gasteiger partial charge < -0.3 is 4.74 Å². The van der Waals surface area contributed by atoms with E-state index < -0.39 is 0 Å². The molecule has 0 unspecified atom stereocenters. The molecule has 0 saturated carbocycles. The van der Waals surface area contributed by atoms with E-state index in [1.807, 2.05) is 54.6 Å². The van der Waals surface area contributed by atoms with Gasteiger partial charge in [-0.15, -0.1) is 0 Å². The quantitative estimate of drug-likeness (QED) is 0.725. The topological polar surface area (TPSA) is 70.2 Å². The molecule has 0 amide bonds. The van der Waals surface area contributed by atoms with Crippen LogP contribution in [0.5, 0.6) is 5.75 Å². The Labute approximate surface area is 127 Å². The molecule has 5 heteroatoms. The third-order valence-corrected chi connectivity index (χ3v) is 3.29. The van der Waals surface area contributed by atoms with E-state index in [-0.39, 0.29) is 5.56 Å². The van der Waals surface area contributed by atoms with E-state index in [9.17, 15) is 4.79 Å². The molecule has 0 spiro atoms. The number of nitrogens with zero attached hydrogens (tertiary/aromatic N) is 1. The summed E-state index contributed by atoms with van der Waals surface area (Å²) in [5.74, 6) is 0.767. The molecule has 0 radical (unpaired) electrons. The van der Waals surface area contributed by atoms with E-state index in [1.165, 1.54) is 0 Å². The number of aliphatic imine (C=N–C) groups is 1. The second-order valence-electron chi connectivity index (χ2n) is 4.69. The van der Waals surface area contributed by atoms with Gasteiger partial charge in [-0.05, 0) is 24.3 Å². The van der Waals surface area contributed by atoms with Crippen molar-refractivity contribution in [2.75, 3.05) is 7.11 Å². The van der Waals surface area contributed by atoms with Crippen molar-refractivity contribution in [1.82, 2.24) is 10.2 Å². The van der Waals surface area contributed by atoms with Crippen molar-refractivity contribution in [3.05, 3.63) is 70.5 Å². The summed E-state index contributed by atoms with van der Waals surface area (Å²) >= 11 is 0. The van der Waals surface area contributed by atoms with Gasteiger partial charge in [-0.25, -0.2) is 0 Å². The molecule has 2 aromatic carbocycles. The van der Waals surface area contributed by atoms with E-state index in [4.69, 9.17) is 4.74 Å². The molecule has 0 atom stereocenters. The SMILES string of the molecule is COc1ccc(N=Cc2c(-c3ccccc3)[nH][nH]c2=O)cc1. The van der Waals surface area contributed by atoms with Crippen LogP contribution >= 0.6 is 0 Å². The van der Waals surface area contributed by atoms with Gasteiger partial charge in [0.05, 0.1) is 24.1 Å². The summed E-state index contributed by atoms with van der Waals surface area (Å²) in [4.78, 5) is 16.3. The molecule has 2 N–H and O–H groups in total. The third-order valence-electron chi connectivity index (χ3n) is 3.29. The number of benzene rings is 2. The molecule has 110 valence electrons. The van der Waals surface area contributed by atoms with E-state index in [0.29, 0.717) is 5.56 Å². The molecule has 5 nitrogen and oxygen atoms in total. The lowest BCUT2D eigenvalue weighted by atomic mass is 10.1. The van der Waals surface area contributed by atoms with E-state index in [1.54, 1.807) is 13.3 Å². The van der Waals surface area contributed by atoms with Gasteiger partial charge in [-0.1, -0.05) is 30.3 Å². The Morgan fingerprint density at radius 2 is 1.73 bits per heavy atom. The van der Waals surface area contributed by atoms with Crippen LogP contribution in [-0.2, 0) is 0 Å². The van der Waals surface area contributed by atoms with Crippen molar-refractivity contribution in [1.29, 1.82) is 0 Å². The summed E-state index contributed by atoms with van der Waals surface area (Å²) in [6, 6.07) is 17.0. The number of hydrogen-bond donors (Lipinski definition) is 2. The second-order valence-corrected chi connectivity index (χ2v) is 4.69. The lowest BCUT2D eigenvalue weighted by molar-refractivity contribution is 0.415. The number of aromatic amines is 2. The molecular weight excluding hydrogens is 278 g/mol. The molecule has 0 aliphatic carbocycles. The van der Waals surface area contributed by atoms with Gasteiger partial charge in [0.2, 0.25) is 0 Å². The number of methoxy groups -OCH3 is 1. The first-order valence-corrected chi connectivity index (χ1v) is 6.82. The first-order chi connectivity index (χ1) is 10.8. The lowest BCUT2D eigenvalue weighted by Gasteiger charge is -2.00. The number of H-pyrrole nitrogens is 2. The fourth-order valence-electron chi connectivity index (χ4n) is 2.13. The molecule has 0 bridgehead atoms. The van der Waals surface area contributed by atoms with Gasteiger partial charge in [0.1, 0.15) is 5.75 Å². The highest BCUT2D eigenvalue weighted by molar-refractivity contribution is 5.89. The Kier molecular flexibility index (Phi) is 3.87. The smallest absolute Gasteiger partial charge is 0.273 e. The Morgan fingerprint density at radius 3 is 2.41 bits per heavy atom. The van der Waals surface area contributed by atoms with Crippen LogP contribution < -0.4 is 10.3 Å². The number of rotatable bonds is 4. The Hall–Kier alpha value is -3.08. The highest BCUT2D eigenvalue weighted by atomic mass is 16.5. The van der Waals surface area contributed by atoms with Crippen molar-refractivity contribution in [2.45, 2.75) is 0 Å². The largest absolute Gasteiger partial charge is 0.497 e. The first kappa shape index (κ1) is 13.9. The fourth-order valence-corrected chi connectivity index (χ4v) is 2.13. The van der Waals surface area contributed by atoms with Gasteiger partial charge in [0.15, 0.2) is 0 Å². The van der Waals surface area contributed by atoms with Crippen LogP contribution in [0.15, 0.2) is 64.4 Å². The van der Waals surface area contributed by atoms with E-state index in [0.717, 1.165) is 22.7 Å². The highest BCUT2D eigenvalue weighted by Crippen LogP contribution is 2.20. The molecule has 3 aromatic rings. The molecule has 0 aliphatic rings. The minimum Gasteiger partial charge on any atom is -0.497 e. The second kappa shape index (κ2) is 6.13. The maximum atomic E-state index is 11.9. The molecule has 22 heavy (non-hydrogen) atoms. The molecule has 0 saturated heterocycles. The van der Waals surface area contributed by atoms with Crippen LogP contribution in [0.3, 0.4) is 0 Å². The number of hydrogen-bond acceptors (Lipinski definition) is 3. The van der Waals surface area contributed by atoms with Gasteiger partial charge in [-0.2, -0.15) is 0 Å². The zero-order valence-electron chi connectivity index (χ0n) is 12.0. The Morgan fingerprint density at radius 1 is 1.00 bits per heavy atom. The minimum absolute atomic E-state index is 0.198.